The molecule has 2 N–H and O–H groups in total. The molecule has 0 amide bonds. The van der Waals surface area contributed by atoms with E-state index in [0.29, 0.717) is 6.61 Å². The second-order valence-electron chi connectivity index (χ2n) is 4.24. The third kappa shape index (κ3) is 3.75. The first kappa shape index (κ1) is 14.0. The molecule has 1 unspecified atom stereocenters. The van der Waals surface area contributed by atoms with Crippen molar-refractivity contribution in [3.05, 3.63) is 42.2 Å². The predicted molar refractivity (Wildman–Crippen MR) is 78.5 cm³/mol. The lowest BCUT2D eigenvalue weighted by Gasteiger charge is -2.12. The van der Waals surface area contributed by atoms with Crippen LogP contribution in [-0.4, -0.2) is 21.9 Å². The number of aryl methyl sites for hydroxylation is 1. The predicted octanol–water partition coefficient (Wildman–Crippen LogP) is 2.61. The van der Waals surface area contributed by atoms with Gasteiger partial charge in [-0.15, -0.1) is 0 Å². The van der Waals surface area contributed by atoms with Crippen molar-refractivity contribution in [3.63, 3.8) is 0 Å². The van der Waals surface area contributed by atoms with Crippen molar-refractivity contribution in [2.45, 2.75) is 18.1 Å². The van der Waals surface area contributed by atoms with Gasteiger partial charge in [-0.05, 0) is 24.6 Å². The first-order valence-electron chi connectivity index (χ1n) is 6.29. The van der Waals surface area contributed by atoms with E-state index in [1.54, 1.807) is 18.0 Å². The summed E-state index contributed by atoms with van der Waals surface area (Å²) in [6, 6.07) is 7.97. The van der Waals surface area contributed by atoms with Crippen LogP contribution in [0.15, 0.2) is 41.8 Å². The minimum Gasteiger partial charge on any atom is -0.494 e. The summed E-state index contributed by atoms with van der Waals surface area (Å²) in [4.78, 5) is 4.27. The molecular weight excluding hydrogens is 258 g/mol. The highest BCUT2D eigenvalue weighted by Crippen LogP contribution is 2.23. The fraction of sp³-hybridized carbons (Fsp3) is 0.357. The van der Waals surface area contributed by atoms with Crippen LogP contribution in [0.2, 0.25) is 0 Å². The summed E-state index contributed by atoms with van der Waals surface area (Å²) in [6.45, 7) is 2.66. The Hall–Kier alpha value is -1.46. The van der Waals surface area contributed by atoms with Gasteiger partial charge in [-0.25, -0.2) is 4.98 Å². The zero-order valence-electron chi connectivity index (χ0n) is 11.2. The molecule has 0 saturated carbocycles. The van der Waals surface area contributed by atoms with Crippen LogP contribution in [-0.2, 0) is 7.05 Å². The van der Waals surface area contributed by atoms with Crippen LogP contribution in [0.5, 0.6) is 5.75 Å². The van der Waals surface area contributed by atoms with E-state index in [9.17, 15) is 0 Å². The molecule has 0 saturated heterocycles. The van der Waals surface area contributed by atoms with Gasteiger partial charge < -0.3 is 15.0 Å². The zero-order valence-corrected chi connectivity index (χ0v) is 12.1. The molecule has 102 valence electrons. The summed E-state index contributed by atoms with van der Waals surface area (Å²) in [6.07, 6.45) is 3.73. The van der Waals surface area contributed by atoms with Gasteiger partial charge in [0.05, 0.1) is 6.61 Å². The maximum Gasteiger partial charge on any atom is 0.167 e. The minimum absolute atomic E-state index is 0.00243. The number of imidazole rings is 1. The van der Waals surface area contributed by atoms with Crippen molar-refractivity contribution in [2.75, 3.05) is 12.4 Å². The number of rotatable bonds is 6. The SMILES string of the molecule is CCOc1ccc(C(N)CSc2nccn2C)cc1. The van der Waals surface area contributed by atoms with Crippen molar-refractivity contribution >= 4 is 11.8 Å². The van der Waals surface area contributed by atoms with Crippen LogP contribution in [0.25, 0.3) is 0 Å². The van der Waals surface area contributed by atoms with E-state index in [2.05, 4.69) is 4.98 Å². The van der Waals surface area contributed by atoms with Crippen molar-refractivity contribution in [1.82, 2.24) is 9.55 Å². The monoisotopic (exact) mass is 277 g/mol. The van der Waals surface area contributed by atoms with E-state index in [1.807, 2.05) is 49.0 Å². The number of hydrogen-bond donors (Lipinski definition) is 1. The van der Waals surface area contributed by atoms with Gasteiger partial charge in [0.15, 0.2) is 5.16 Å². The molecule has 0 aliphatic heterocycles. The van der Waals surface area contributed by atoms with E-state index in [-0.39, 0.29) is 6.04 Å². The molecule has 0 aliphatic rings. The van der Waals surface area contributed by atoms with Crippen LogP contribution >= 0.6 is 11.8 Å². The van der Waals surface area contributed by atoms with Crippen LogP contribution < -0.4 is 10.5 Å². The first-order chi connectivity index (χ1) is 9.20. The molecule has 0 radical (unpaired) electrons. The highest BCUT2D eigenvalue weighted by molar-refractivity contribution is 7.99. The number of benzene rings is 1. The summed E-state index contributed by atoms with van der Waals surface area (Å²) in [5.74, 6) is 1.69. The standard InChI is InChI=1S/C14H19N3OS/c1-3-18-12-6-4-11(5-7-12)13(15)10-19-14-16-8-9-17(14)2/h4-9,13H,3,10,15H2,1-2H3. The number of ether oxygens (including phenoxy) is 1. The van der Waals surface area contributed by atoms with E-state index in [0.717, 1.165) is 22.2 Å². The normalized spacial score (nSPS) is 12.4. The molecule has 2 aromatic rings. The average molecular weight is 277 g/mol. The van der Waals surface area contributed by atoms with Gasteiger partial charge in [0, 0.05) is 31.2 Å². The molecule has 2 rings (SSSR count). The molecule has 1 heterocycles. The van der Waals surface area contributed by atoms with Gasteiger partial charge in [0.25, 0.3) is 0 Å². The maximum absolute atomic E-state index is 6.19. The summed E-state index contributed by atoms with van der Waals surface area (Å²) in [7, 11) is 1.98. The number of nitrogens with two attached hydrogens (primary N) is 1. The van der Waals surface area contributed by atoms with Crippen LogP contribution in [0.3, 0.4) is 0 Å². The Kier molecular flexibility index (Phi) is 4.87. The smallest absolute Gasteiger partial charge is 0.167 e. The summed E-state index contributed by atoms with van der Waals surface area (Å²) in [5, 5.41) is 0.987. The quantitative estimate of drug-likeness (QED) is 0.825. The molecule has 0 spiro atoms. The van der Waals surface area contributed by atoms with Gasteiger partial charge in [0.1, 0.15) is 5.75 Å². The Morgan fingerprint density at radius 3 is 2.68 bits per heavy atom. The first-order valence-corrected chi connectivity index (χ1v) is 7.27. The van der Waals surface area contributed by atoms with E-state index in [4.69, 9.17) is 10.5 Å². The highest BCUT2D eigenvalue weighted by Gasteiger charge is 2.09. The molecule has 5 heteroatoms. The average Bonchev–Trinajstić information content (AvgIpc) is 2.83. The number of hydrogen-bond acceptors (Lipinski definition) is 4. The minimum atomic E-state index is -0.00243. The topological polar surface area (TPSA) is 53.1 Å². The third-order valence-corrected chi connectivity index (χ3v) is 3.97. The van der Waals surface area contributed by atoms with E-state index < -0.39 is 0 Å². The van der Waals surface area contributed by atoms with Gasteiger partial charge in [-0.3, -0.25) is 0 Å². The fourth-order valence-corrected chi connectivity index (χ4v) is 2.65. The van der Waals surface area contributed by atoms with Crippen LogP contribution in [0.4, 0.5) is 0 Å². The fourth-order valence-electron chi connectivity index (χ4n) is 1.73. The van der Waals surface area contributed by atoms with Crippen molar-refractivity contribution in [1.29, 1.82) is 0 Å². The number of nitrogens with zero attached hydrogens (tertiary/aromatic N) is 2. The van der Waals surface area contributed by atoms with Crippen molar-refractivity contribution in [2.24, 2.45) is 12.8 Å². The zero-order chi connectivity index (χ0) is 13.7. The van der Waals surface area contributed by atoms with Gasteiger partial charge in [-0.1, -0.05) is 23.9 Å². The van der Waals surface area contributed by atoms with Crippen molar-refractivity contribution < 1.29 is 4.74 Å². The molecule has 19 heavy (non-hydrogen) atoms. The largest absolute Gasteiger partial charge is 0.494 e. The molecular formula is C14H19N3OS. The Labute approximate surface area is 118 Å². The lowest BCUT2D eigenvalue weighted by molar-refractivity contribution is 0.340. The Balaban J connectivity index is 1.92. The second kappa shape index (κ2) is 6.63. The Morgan fingerprint density at radius 2 is 2.11 bits per heavy atom. The van der Waals surface area contributed by atoms with Crippen molar-refractivity contribution in [3.8, 4) is 5.75 Å². The summed E-state index contributed by atoms with van der Waals surface area (Å²) >= 11 is 1.67. The molecule has 1 aromatic carbocycles. The molecule has 0 aliphatic carbocycles. The van der Waals surface area contributed by atoms with E-state index >= 15 is 0 Å². The Bertz CT molecular complexity index is 510. The van der Waals surface area contributed by atoms with Gasteiger partial charge >= 0.3 is 0 Å². The van der Waals surface area contributed by atoms with Gasteiger partial charge in [0.2, 0.25) is 0 Å². The van der Waals surface area contributed by atoms with Gasteiger partial charge in [-0.2, -0.15) is 0 Å². The molecule has 4 nitrogen and oxygen atoms in total. The van der Waals surface area contributed by atoms with E-state index in [1.165, 1.54) is 0 Å². The number of thioether (sulfide) groups is 1. The molecule has 0 bridgehead atoms. The number of aromatic nitrogens is 2. The second-order valence-corrected chi connectivity index (χ2v) is 5.23. The maximum atomic E-state index is 6.19. The summed E-state index contributed by atoms with van der Waals surface area (Å²) in [5.41, 5.74) is 7.30. The molecule has 1 atom stereocenters. The lowest BCUT2D eigenvalue weighted by Crippen LogP contribution is -2.13. The Morgan fingerprint density at radius 1 is 1.37 bits per heavy atom. The third-order valence-electron chi connectivity index (χ3n) is 2.79. The molecule has 1 aromatic heterocycles. The lowest BCUT2D eigenvalue weighted by atomic mass is 10.1. The summed E-state index contributed by atoms with van der Waals surface area (Å²) < 4.78 is 7.41. The highest BCUT2D eigenvalue weighted by atomic mass is 32.2. The van der Waals surface area contributed by atoms with Crippen LogP contribution in [0, 0.1) is 0 Å². The molecule has 0 fully saturated rings. The van der Waals surface area contributed by atoms with Crippen LogP contribution in [0.1, 0.15) is 18.5 Å².